The number of rotatable bonds is 10. The molecule has 334 valence electrons. The molecule has 6 rings (SSSR count). The molecule has 0 aromatic carbocycles. The van der Waals surface area contributed by atoms with Gasteiger partial charge in [-0.1, -0.05) is 34.8 Å². The fraction of sp³-hybridized carbons (Fsp3) is 0.657. The second-order valence-electron chi connectivity index (χ2n) is 15.6. The summed E-state index contributed by atoms with van der Waals surface area (Å²) in [6.45, 7) is 11.1. The van der Waals surface area contributed by atoms with Crippen LogP contribution in [0.15, 0.2) is 10.1 Å². The maximum Gasteiger partial charge on any atom is 0.407 e. The Hall–Kier alpha value is -2.69. The molecule has 4 aromatic heterocycles. The Morgan fingerprint density at radius 1 is 0.667 bits per heavy atom. The van der Waals surface area contributed by atoms with E-state index in [0.29, 0.717) is 33.3 Å². The molecule has 0 bridgehead atoms. The van der Waals surface area contributed by atoms with E-state index in [0.717, 1.165) is 73.8 Å². The van der Waals surface area contributed by atoms with Gasteiger partial charge >= 0.3 is 12.2 Å². The average molecular weight is 977 g/mol. The van der Waals surface area contributed by atoms with Crippen molar-refractivity contribution in [2.75, 3.05) is 24.0 Å². The van der Waals surface area contributed by atoms with E-state index >= 15 is 0 Å². The summed E-state index contributed by atoms with van der Waals surface area (Å²) in [5, 5.41) is 30.2. The van der Waals surface area contributed by atoms with Crippen molar-refractivity contribution in [3.05, 3.63) is 10.6 Å². The molecule has 2 fully saturated rings. The highest BCUT2D eigenvalue weighted by molar-refractivity contribution is 7.98. The number of halogens is 5. The molecule has 0 atom stereocenters. The summed E-state index contributed by atoms with van der Waals surface area (Å²) in [4.78, 5) is 45.6. The molecule has 0 aliphatic heterocycles. The van der Waals surface area contributed by atoms with Gasteiger partial charge < -0.3 is 30.7 Å². The molecule has 4 aromatic rings. The summed E-state index contributed by atoms with van der Waals surface area (Å²) < 4.78 is 14.8. The monoisotopic (exact) mass is 974 g/mol. The predicted molar refractivity (Wildman–Crippen MR) is 239 cm³/mol. The van der Waals surface area contributed by atoms with E-state index < -0.39 is 15.5 Å². The van der Waals surface area contributed by atoms with Crippen molar-refractivity contribution in [2.24, 2.45) is 0 Å². The van der Waals surface area contributed by atoms with Gasteiger partial charge in [-0.2, -0.15) is 34.5 Å². The summed E-state index contributed by atoms with van der Waals surface area (Å²) in [5.74, 6) is 1.28. The minimum atomic E-state index is -0.750. The molecule has 0 radical (unpaired) electrons. The number of nitrogens with one attached hydrogen (secondary N) is 6. The van der Waals surface area contributed by atoms with Crippen LogP contribution >= 0.6 is 81.8 Å². The lowest BCUT2D eigenvalue weighted by molar-refractivity contribution is -0.160. The standard InChI is InChI=1S/C17H25ClN6O4S.C17H25ClN6O2S.CHCl3/c1-17(2,3)27-16(25)20-10-7-5-9(6-8-10)19-12-11-13(22-15(18)21-12)23-24-14(11)29-28-26-4;1-17(2,3)26-16(25)20-10-7-5-9(6-8-10)19-12-11-13(22-15(18)21-12)23-24-14(11)27-4;2-1(3)4/h9-10H,5-8H2,1-4H3,(H,20,25)(H2,19,21,22,23,24);9-10H,5-8H2,1-4H3,(H,20,25)(H2,19,21,22,23,24);1H. The van der Waals surface area contributed by atoms with Crippen molar-refractivity contribution < 1.29 is 28.3 Å². The number of nitrogens with zero attached hydrogens (tertiary/aromatic N) is 6. The number of hydrogen-bond donors (Lipinski definition) is 6. The molecule has 0 spiro atoms. The van der Waals surface area contributed by atoms with E-state index in [1.807, 2.05) is 47.8 Å². The van der Waals surface area contributed by atoms with Gasteiger partial charge in [0.05, 0.1) is 29.9 Å². The summed E-state index contributed by atoms with van der Waals surface area (Å²) in [7, 11) is 1.41. The molecule has 2 saturated carbocycles. The number of thioether (sulfide) groups is 1. The van der Waals surface area contributed by atoms with Crippen molar-refractivity contribution >= 4 is 128 Å². The number of fused-ring (bicyclic) bond motifs is 2. The maximum atomic E-state index is 12.0. The van der Waals surface area contributed by atoms with Gasteiger partial charge in [0, 0.05) is 24.2 Å². The Morgan fingerprint density at radius 2 is 1.03 bits per heavy atom. The predicted octanol–water partition coefficient (Wildman–Crippen LogP) is 9.80. The number of alkyl halides is 3. The van der Waals surface area contributed by atoms with Gasteiger partial charge in [0.25, 0.3) is 0 Å². The minimum Gasteiger partial charge on any atom is -0.444 e. The molecule has 6 N–H and O–H groups in total. The van der Waals surface area contributed by atoms with Crippen molar-refractivity contribution in [1.29, 1.82) is 0 Å². The van der Waals surface area contributed by atoms with Crippen LogP contribution in [-0.4, -0.2) is 106 Å². The molecule has 0 unspecified atom stereocenters. The normalized spacial score (nSPS) is 19.4. The number of aromatic amines is 2. The van der Waals surface area contributed by atoms with Gasteiger partial charge in [-0.3, -0.25) is 10.2 Å². The van der Waals surface area contributed by atoms with Gasteiger partial charge in [0.15, 0.2) is 20.6 Å². The summed E-state index contributed by atoms with van der Waals surface area (Å²) in [5.41, 5.74) is 0.144. The van der Waals surface area contributed by atoms with E-state index in [1.165, 1.54) is 18.9 Å². The molecule has 0 saturated heterocycles. The van der Waals surface area contributed by atoms with Crippen LogP contribution in [0, 0.1) is 0 Å². The van der Waals surface area contributed by atoms with Crippen LogP contribution < -0.4 is 21.3 Å². The highest BCUT2D eigenvalue weighted by Crippen LogP contribution is 2.34. The summed E-state index contributed by atoms with van der Waals surface area (Å²) in [6.07, 6.45) is 8.18. The van der Waals surface area contributed by atoms with Crippen molar-refractivity contribution in [2.45, 2.75) is 143 Å². The lowest BCUT2D eigenvalue weighted by Crippen LogP contribution is -2.42. The molecule has 2 amide bonds. The van der Waals surface area contributed by atoms with Crippen LogP contribution in [-0.2, 0) is 18.7 Å². The Kier molecular flexibility index (Phi) is 19.3. The van der Waals surface area contributed by atoms with E-state index in [2.05, 4.69) is 66.5 Å². The molecule has 18 nitrogen and oxygen atoms in total. The number of ether oxygens (including phenoxy) is 2. The fourth-order valence-electron chi connectivity index (χ4n) is 6.34. The third kappa shape index (κ3) is 16.5. The third-order valence-electron chi connectivity index (χ3n) is 8.67. The third-order valence-corrected chi connectivity index (χ3v) is 10.3. The number of H-pyrrole nitrogens is 2. The summed E-state index contributed by atoms with van der Waals surface area (Å²) >= 11 is 29.0. The zero-order valence-electron chi connectivity index (χ0n) is 34.4. The zero-order chi connectivity index (χ0) is 44.2. The van der Waals surface area contributed by atoms with Crippen molar-refractivity contribution in [3.8, 4) is 0 Å². The number of amides is 2. The zero-order valence-corrected chi connectivity index (χ0v) is 39.8. The lowest BCUT2D eigenvalue weighted by Gasteiger charge is -2.30. The first-order valence-electron chi connectivity index (χ1n) is 18.9. The van der Waals surface area contributed by atoms with Crippen molar-refractivity contribution in [3.63, 3.8) is 0 Å². The van der Waals surface area contributed by atoms with Crippen LogP contribution in [0.1, 0.15) is 92.9 Å². The minimum absolute atomic E-state index is 0.0899. The smallest absolute Gasteiger partial charge is 0.407 e. The van der Waals surface area contributed by atoms with Gasteiger partial charge in [-0.05, 0) is 122 Å². The van der Waals surface area contributed by atoms with Gasteiger partial charge in [-0.25, -0.2) is 14.5 Å². The van der Waals surface area contributed by atoms with E-state index in [1.54, 1.807) is 0 Å². The molecular weight excluding hydrogens is 926 g/mol. The second kappa shape index (κ2) is 23.1. The molecule has 25 heteroatoms. The molecule has 2 aliphatic carbocycles. The first kappa shape index (κ1) is 50.0. The molecule has 2 aliphatic rings. The Bertz CT molecular complexity index is 2000. The maximum absolute atomic E-state index is 12.0. The highest BCUT2D eigenvalue weighted by Gasteiger charge is 2.28. The first-order chi connectivity index (χ1) is 28.2. The van der Waals surface area contributed by atoms with Gasteiger partial charge in [0.1, 0.15) is 27.9 Å². The van der Waals surface area contributed by atoms with E-state index in [-0.39, 0.29) is 46.9 Å². The molecular formula is C35H51Cl5N12O6S2. The number of aromatic nitrogens is 8. The summed E-state index contributed by atoms with van der Waals surface area (Å²) in [6, 6.07) is 0.645. The number of carbonyl (C=O) groups is 2. The topological polar surface area (TPSA) is 228 Å². The largest absolute Gasteiger partial charge is 0.444 e. The van der Waals surface area contributed by atoms with Crippen LogP contribution in [0.2, 0.25) is 10.6 Å². The Balaban J connectivity index is 0.000000243. The number of anilines is 2. The number of alkyl carbamates (subject to hydrolysis) is 2. The number of carbonyl (C=O) groups excluding carboxylic acids is 2. The van der Waals surface area contributed by atoms with Crippen molar-refractivity contribution in [1.82, 2.24) is 51.0 Å². The van der Waals surface area contributed by atoms with Gasteiger partial charge in [0.2, 0.25) is 10.6 Å². The quantitative estimate of drug-likeness (QED) is 0.0217. The van der Waals surface area contributed by atoms with Crippen LogP contribution in [0.5, 0.6) is 0 Å². The van der Waals surface area contributed by atoms with E-state index in [9.17, 15) is 9.59 Å². The fourth-order valence-corrected chi connectivity index (χ4v) is 7.70. The molecule has 60 heavy (non-hydrogen) atoms. The lowest BCUT2D eigenvalue weighted by atomic mass is 9.91. The van der Waals surface area contributed by atoms with E-state index in [4.69, 9.17) is 71.8 Å². The number of hydrogen-bond acceptors (Lipinski definition) is 16. The Labute approximate surface area is 382 Å². The first-order valence-corrected chi connectivity index (χ1v) is 23.0. The van der Waals surface area contributed by atoms with Crippen LogP contribution in [0.3, 0.4) is 0 Å². The Morgan fingerprint density at radius 3 is 1.40 bits per heavy atom. The van der Waals surface area contributed by atoms with Crippen LogP contribution in [0.4, 0.5) is 21.2 Å². The SMILES string of the molecule is COOSc1n[nH]c2nc(Cl)nc(NC3CCC(NC(=O)OC(C)(C)C)CC3)c12.CSc1n[nH]c2nc(Cl)nc(NC3CCC(NC(=O)OC(C)(C)C)CC3)c12.ClC(Cl)Cl. The molecule has 4 heterocycles. The highest BCUT2D eigenvalue weighted by atomic mass is 35.6. The van der Waals surface area contributed by atoms with Crippen LogP contribution in [0.25, 0.3) is 22.1 Å². The van der Waals surface area contributed by atoms with Gasteiger partial charge in [-0.15, -0.1) is 11.8 Å². The second-order valence-corrected chi connectivity index (χ2v) is 19.8. The average Bonchev–Trinajstić information content (AvgIpc) is 3.74.